The normalized spacial score (nSPS) is 21.2. The zero-order valence-corrected chi connectivity index (χ0v) is 13.9. The lowest BCUT2D eigenvalue weighted by atomic mass is 10.2. The van der Waals surface area contributed by atoms with Crippen molar-refractivity contribution >= 4 is 16.5 Å². The van der Waals surface area contributed by atoms with Gasteiger partial charge in [-0.25, -0.2) is 4.98 Å². The fourth-order valence-electron chi connectivity index (χ4n) is 2.93. The summed E-state index contributed by atoms with van der Waals surface area (Å²) in [4.78, 5) is 11.1. The first-order valence-corrected chi connectivity index (χ1v) is 8.65. The molecule has 1 atom stereocenters. The standard InChI is InChI=1S/C15H28N4S/c1-4-7-13-14(10-16)20-15(17-13)19-9-6-8-18(3)11-12(19)5-2/h12H,4-11,16H2,1-3H3. The number of hydrogen-bond donors (Lipinski definition) is 1. The van der Waals surface area contributed by atoms with Crippen molar-refractivity contribution in [2.24, 2.45) is 5.73 Å². The molecule has 114 valence electrons. The summed E-state index contributed by atoms with van der Waals surface area (Å²) >= 11 is 1.81. The maximum absolute atomic E-state index is 5.89. The van der Waals surface area contributed by atoms with Crippen LogP contribution in [0.2, 0.25) is 0 Å². The predicted octanol–water partition coefficient (Wildman–Crippen LogP) is 2.47. The first kappa shape index (κ1) is 15.7. The Morgan fingerprint density at radius 1 is 1.35 bits per heavy atom. The highest BCUT2D eigenvalue weighted by molar-refractivity contribution is 7.15. The fourth-order valence-corrected chi connectivity index (χ4v) is 4.01. The molecule has 1 aromatic heterocycles. The Morgan fingerprint density at radius 2 is 2.15 bits per heavy atom. The van der Waals surface area contributed by atoms with E-state index in [0.29, 0.717) is 12.6 Å². The van der Waals surface area contributed by atoms with Crippen molar-refractivity contribution in [2.75, 3.05) is 31.6 Å². The molecule has 0 aliphatic carbocycles. The Bertz CT molecular complexity index is 418. The van der Waals surface area contributed by atoms with Crippen LogP contribution in [-0.4, -0.2) is 42.6 Å². The van der Waals surface area contributed by atoms with Gasteiger partial charge in [0.1, 0.15) is 0 Å². The molecule has 2 rings (SSSR count). The number of thiazole rings is 1. The highest BCUT2D eigenvalue weighted by Gasteiger charge is 2.25. The quantitative estimate of drug-likeness (QED) is 0.906. The van der Waals surface area contributed by atoms with Crippen LogP contribution in [0, 0.1) is 0 Å². The predicted molar refractivity (Wildman–Crippen MR) is 87.5 cm³/mol. The molecule has 1 fully saturated rings. The van der Waals surface area contributed by atoms with Gasteiger partial charge in [-0.1, -0.05) is 20.3 Å². The number of nitrogens with zero attached hydrogens (tertiary/aromatic N) is 3. The third kappa shape index (κ3) is 3.51. The molecule has 0 aromatic carbocycles. The van der Waals surface area contributed by atoms with Crippen LogP contribution in [-0.2, 0) is 13.0 Å². The second-order valence-corrected chi connectivity index (χ2v) is 6.75. The molecule has 20 heavy (non-hydrogen) atoms. The third-order valence-corrected chi connectivity index (χ3v) is 5.22. The van der Waals surface area contributed by atoms with E-state index in [2.05, 4.69) is 30.7 Å². The lowest BCUT2D eigenvalue weighted by Gasteiger charge is -2.29. The van der Waals surface area contributed by atoms with Gasteiger partial charge in [-0.05, 0) is 32.9 Å². The third-order valence-electron chi connectivity index (χ3n) is 4.06. The van der Waals surface area contributed by atoms with Crippen molar-refractivity contribution in [3.05, 3.63) is 10.6 Å². The Balaban J connectivity index is 2.23. The molecule has 1 saturated heterocycles. The summed E-state index contributed by atoms with van der Waals surface area (Å²) in [5.74, 6) is 0. The summed E-state index contributed by atoms with van der Waals surface area (Å²) in [6.45, 7) is 8.54. The van der Waals surface area contributed by atoms with Crippen LogP contribution in [0.15, 0.2) is 0 Å². The summed E-state index contributed by atoms with van der Waals surface area (Å²) in [5.41, 5.74) is 7.11. The average Bonchev–Trinajstić information content (AvgIpc) is 2.74. The van der Waals surface area contributed by atoms with Crippen LogP contribution < -0.4 is 10.6 Å². The van der Waals surface area contributed by atoms with Crippen molar-refractivity contribution in [1.29, 1.82) is 0 Å². The largest absolute Gasteiger partial charge is 0.344 e. The van der Waals surface area contributed by atoms with Gasteiger partial charge in [0, 0.05) is 30.6 Å². The van der Waals surface area contributed by atoms with Gasteiger partial charge in [0.2, 0.25) is 0 Å². The van der Waals surface area contributed by atoms with E-state index in [0.717, 1.165) is 25.9 Å². The van der Waals surface area contributed by atoms with Crippen molar-refractivity contribution in [3.63, 3.8) is 0 Å². The van der Waals surface area contributed by atoms with Crippen LogP contribution in [0.4, 0.5) is 5.13 Å². The molecular formula is C15H28N4S. The Morgan fingerprint density at radius 3 is 2.80 bits per heavy atom. The van der Waals surface area contributed by atoms with E-state index in [9.17, 15) is 0 Å². The number of anilines is 1. The second-order valence-electron chi connectivity index (χ2n) is 5.69. The zero-order chi connectivity index (χ0) is 14.5. The molecule has 1 unspecified atom stereocenters. The van der Waals surface area contributed by atoms with Crippen LogP contribution in [0.3, 0.4) is 0 Å². The van der Waals surface area contributed by atoms with E-state index in [4.69, 9.17) is 10.7 Å². The van der Waals surface area contributed by atoms with E-state index in [1.165, 1.54) is 35.1 Å². The number of rotatable bonds is 5. The minimum atomic E-state index is 0.578. The molecule has 1 aliphatic heterocycles. The molecule has 2 heterocycles. The van der Waals surface area contributed by atoms with E-state index in [1.54, 1.807) is 11.3 Å². The molecule has 5 heteroatoms. The Hall–Kier alpha value is -0.650. The van der Waals surface area contributed by atoms with Crippen molar-refractivity contribution in [1.82, 2.24) is 9.88 Å². The second kappa shape index (κ2) is 7.38. The number of hydrogen-bond acceptors (Lipinski definition) is 5. The molecule has 0 saturated carbocycles. The van der Waals surface area contributed by atoms with Crippen LogP contribution >= 0.6 is 11.3 Å². The monoisotopic (exact) mass is 296 g/mol. The first-order chi connectivity index (χ1) is 9.69. The molecule has 1 aliphatic rings. The first-order valence-electron chi connectivity index (χ1n) is 7.83. The molecule has 4 nitrogen and oxygen atoms in total. The SMILES string of the molecule is CCCc1nc(N2CCCN(C)CC2CC)sc1CN. The van der Waals surface area contributed by atoms with E-state index in [1.807, 2.05) is 0 Å². The maximum Gasteiger partial charge on any atom is 0.186 e. The maximum atomic E-state index is 5.89. The lowest BCUT2D eigenvalue weighted by molar-refractivity contribution is 0.328. The van der Waals surface area contributed by atoms with Gasteiger partial charge in [-0.3, -0.25) is 0 Å². The van der Waals surface area contributed by atoms with E-state index in [-0.39, 0.29) is 0 Å². The highest BCUT2D eigenvalue weighted by atomic mass is 32.1. The van der Waals surface area contributed by atoms with Gasteiger partial charge in [-0.2, -0.15) is 0 Å². The summed E-state index contributed by atoms with van der Waals surface area (Å²) in [6.07, 6.45) is 4.57. The topological polar surface area (TPSA) is 45.4 Å². The Kier molecular flexibility index (Phi) is 5.81. The van der Waals surface area contributed by atoms with Gasteiger partial charge >= 0.3 is 0 Å². The lowest BCUT2D eigenvalue weighted by Crippen LogP contribution is -2.39. The minimum Gasteiger partial charge on any atom is -0.344 e. The Labute approximate surface area is 127 Å². The van der Waals surface area contributed by atoms with Gasteiger partial charge < -0.3 is 15.5 Å². The summed E-state index contributed by atoms with van der Waals surface area (Å²) < 4.78 is 0. The number of likely N-dealkylation sites (N-methyl/N-ethyl adjacent to an activating group) is 1. The average molecular weight is 296 g/mol. The van der Waals surface area contributed by atoms with Crippen molar-refractivity contribution < 1.29 is 0 Å². The van der Waals surface area contributed by atoms with Crippen LogP contribution in [0.1, 0.15) is 43.7 Å². The smallest absolute Gasteiger partial charge is 0.186 e. The van der Waals surface area contributed by atoms with E-state index >= 15 is 0 Å². The van der Waals surface area contributed by atoms with Crippen molar-refractivity contribution in [3.8, 4) is 0 Å². The van der Waals surface area contributed by atoms with E-state index < -0.39 is 0 Å². The van der Waals surface area contributed by atoms with Gasteiger partial charge in [0.15, 0.2) is 5.13 Å². The number of nitrogens with two attached hydrogens (primary N) is 1. The number of aryl methyl sites for hydroxylation is 1. The highest BCUT2D eigenvalue weighted by Crippen LogP contribution is 2.30. The van der Waals surface area contributed by atoms with Gasteiger partial charge in [0.25, 0.3) is 0 Å². The molecule has 2 N–H and O–H groups in total. The molecule has 0 amide bonds. The molecule has 0 spiro atoms. The van der Waals surface area contributed by atoms with Crippen LogP contribution in [0.25, 0.3) is 0 Å². The summed E-state index contributed by atoms with van der Waals surface area (Å²) in [5, 5.41) is 1.19. The van der Waals surface area contributed by atoms with Crippen LogP contribution in [0.5, 0.6) is 0 Å². The zero-order valence-electron chi connectivity index (χ0n) is 13.1. The van der Waals surface area contributed by atoms with Gasteiger partial charge in [0.05, 0.1) is 5.69 Å². The molecule has 0 bridgehead atoms. The van der Waals surface area contributed by atoms with Gasteiger partial charge in [-0.15, -0.1) is 11.3 Å². The summed E-state index contributed by atoms with van der Waals surface area (Å²) in [6, 6.07) is 0.578. The summed E-state index contributed by atoms with van der Waals surface area (Å²) in [7, 11) is 2.22. The van der Waals surface area contributed by atoms with Crippen molar-refractivity contribution in [2.45, 2.75) is 52.1 Å². The molecular weight excluding hydrogens is 268 g/mol. The molecule has 0 radical (unpaired) electrons. The number of aromatic nitrogens is 1. The minimum absolute atomic E-state index is 0.578. The fraction of sp³-hybridized carbons (Fsp3) is 0.800. The molecule has 1 aromatic rings.